The zero-order valence-corrected chi connectivity index (χ0v) is 11.8. The highest BCUT2D eigenvalue weighted by Crippen LogP contribution is 2.36. The number of halogens is 2. The molecule has 2 atom stereocenters. The van der Waals surface area contributed by atoms with Gasteiger partial charge in [0, 0.05) is 11.4 Å². The quantitative estimate of drug-likeness (QED) is 0.801. The van der Waals surface area contributed by atoms with E-state index in [1.807, 2.05) is 0 Å². The zero-order valence-electron chi connectivity index (χ0n) is 10.3. The third-order valence-electron chi connectivity index (χ3n) is 3.12. The molecule has 0 spiro atoms. The minimum Gasteiger partial charge on any atom is -0.511 e. The molecule has 0 saturated carbocycles. The van der Waals surface area contributed by atoms with Crippen molar-refractivity contribution in [2.45, 2.75) is 12.0 Å². The molecule has 1 aliphatic rings. The van der Waals surface area contributed by atoms with Crippen LogP contribution in [0.15, 0.2) is 47.2 Å². The standard InChI is InChI=1S/C14H12Cl2O4/c15-10-4-2-1-3-8(10)6-14(20)7-11(17)9(13(18)19)5-12(14)16/h1-5,7,9,17,20H,6H2,(H,18,19). The van der Waals surface area contributed by atoms with Crippen LogP contribution in [0.3, 0.4) is 0 Å². The van der Waals surface area contributed by atoms with Crippen molar-refractivity contribution in [2.75, 3.05) is 0 Å². The molecule has 2 unspecified atom stereocenters. The van der Waals surface area contributed by atoms with E-state index in [1.165, 1.54) is 0 Å². The highest BCUT2D eigenvalue weighted by Gasteiger charge is 2.37. The molecule has 0 fully saturated rings. The minimum absolute atomic E-state index is 0.0401. The Balaban J connectivity index is 2.34. The van der Waals surface area contributed by atoms with Crippen LogP contribution in [-0.4, -0.2) is 26.9 Å². The van der Waals surface area contributed by atoms with Crippen LogP contribution in [0.1, 0.15) is 5.56 Å². The van der Waals surface area contributed by atoms with Crippen LogP contribution < -0.4 is 0 Å². The van der Waals surface area contributed by atoms with E-state index >= 15 is 0 Å². The Hall–Kier alpha value is -1.49. The summed E-state index contributed by atoms with van der Waals surface area (Å²) >= 11 is 12.0. The van der Waals surface area contributed by atoms with E-state index in [9.17, 15) is 15.0 Å². The highest BCUT2D eigenvalue weighted by atomic mass is 35.5. The van der Waals surface area contributed by atoms with Crippen LogP contribution in [0.25, 0.3) is 0 Å². The SMILES string of the molecule is O=C(O)C1C=C(Cl)C(O)(Cc2ccccc2Cl)C=C1O. The van der Waals surface area contributed by atoms with Gasteiger partial charge in [0.1, 0.15) is 17.3 Å². The van der Waals surface area contributed by atoms with Crippen LogP contribution in [0.4, 0.5) is 0 Å². The summed E-state index contributed by atoms with van der Waals surface area (Å²) in [6.45, 7) is 0. The van der Waals surface area contributed by atoms with E-state index < -0.39 is 23.2 Å². The summed E-state index contributed by atoms with van der Waals surface area (Å²) in [4.78, 5) is 10.9. The van der Waals surface area contributed by atoms with E-state index in [1.54, 1.807) is 24.3 Å². The average Bonchev–Trinajstić information content (AvgIpc) is 2.36. The molecule has 4 nitrogen and oxygen atoms in total. The fourth-order valence-electron chi connectivity index (χ4n) is 2.04. The van der Waals surface area contributed by atoms with Crippen LogP contribution in [-0.2, 0) is 11.2 Å². The van der Waals surface area contributed by atoms with Gasteiger partial charge >= 0.3 is 5.97 Å². The van der Waals surface area contributed by atoms with Gasteiger partial charge in [0.15, 0.2) is 0 Å². The van der Waals surface area contributed by atoms with Gasteiger partial charge in [0.2, 0.25) is 0 Å². The average molecular weight is 315 g/mol. The molecule has 2 rings (SSSR count). The molecule has 6 heteroatoms. The second kappa shape index (κ2) is 5.48. The molecule has 0 amide bonds. The highest BCUT2D eigenvalue weighted by molar-refractivity contribution is 6.32. The smallest absolute Gasteiger partial charge is 0.318 e. The molecule has 1 aromatic carbocycles. The zero-order chi connectivity index (χ0) is 14.9. The Morgan fingerprint density at radius 1 is 1.30 bits per heavy atom. The van der Waals surface area contributed by atoms with Crippen molar-refractivity contribution in [3.8, 4) is 0 Å². The Kier molecular flexibility index (Phi) is 4.09. The summed E-state index contributed by atoms with van der Waals surface area (Å²) in [6.07, 6.45) is 2.21. The Labute approximate surface area is 125 Å². The van der Waals surface area contributed by atoms with Crippen LogP contribution in [0.2, 0.25) is 5.02 Å². The summed E-state index contributed by atoms with van der Waals surface area (Å²) in [7, 11) is 0. The molecule has 0 aliphatic heterocycles. The van der Waals surface area contributed by atoms with E-state index in [2.05, 4.69) is 0 Å². The van der Waals surface area contributed by atoms with Crippen molar-refractivity contribution in [1.29, 1.82) is 0 Å². The van der Waals surface area contributed by atoms with Gasteiger partial charge in [-0.3, -0.25) is 4.79 Å². The van der Waals surface area contributed by atoms with Crippen LogP contribution in [0.5, 0.6) is 0 Å². The van der Waals surface area contributed by atoms with E-state index in [0.29, 0.717) is 10.6 Å². The first-order chi connectivity index (χ1) is 9.33. The maximum Gasteiger partial charge on any atom is 0.318 e. The number of hydrogen-bond donors (Lipinski definition) is 3. The van der Waals surface area contributed by atoms with Gasteiger partial charge < -0.3 is 15.3 Å². The maximum atomic E-state index is 10.9. The number of rotatable bonds is 3. The molecule has 0 bridgehead atoms. The molecule has 1 aliphatic carbocycles. The predicted octanol–water partition coefficient (Wildman–Crippen LogP) is 2.89. The van der Waals surface area contributed by atoms with Gasteiger partial charge in [-0.15, -0.1) is 0 Å². The first kappa shape index (κ1) is 14.9. The monoisotopic (exact) mass is 314 g/mol. The van der Waals surface area contributed by atoms with Gasteiger partial charge in [0.05, 0.1) is 5.03 Å². The molecule has 0 saturated heterocycles. The number of carboxylic acids is 1. The lowest BCUT2D eigenvalue weighted by Gasteiger charge is -2.29. The number of carbonyl (C=O) groups is 1. The van der Waals surface area contributed by atoms with Crippen molar-refractivity contribution < 1.29 is 20.1 Å². The fourth-order valence-corrected chi connectivity index (χ4v) is 2.49. The predicted molar refractivity (Wildman–Crippen MR) is 75.9 cm³/mol. The second-order valence-electron chi connectivity index (χ2n) is 4.59. The number of carboxylic acid groups (broad SMARTS) is 1. The van der Waals surface area contributed by atoms with Gasteiger partial charge in [0.25, 0.3) is 0 Å². The maximum absolute atomic E-state index is 10.9. The lowest BCUT2D eigenvalue weighted by Crippen LogP contribution is -2.35. The molecule has 0 heterocycles. The first-order valence-corrected chi connectivity index (χ1v) is 6.57. The van der Waals surface area contributed by atoms with E-state index in [0.717, 1.165) is 12.2 Å². The molecule has 1 aromatic rings. The lowest BCUT2D eigenvalue weighted by molar-refractivity contribution is -0.139. The minimum atomic E-state index is -1.66. The van der Waals surface area contributed by atoms with Gasteiger partial charge in [-0.25, -0.2) is 0 Å². The number of hydrogen-bond acceptors (Lipinski definition) is 3. The lowest BCUT2D eigenvalue weighted by atomic mass is 9.86. The van der Waals surface area contributed by atoms with Gasteiger partial charge in [-0.05, 0) is 23.8 Å². The largest absolute Gasteiger partial charge is 0.511 e. The van der Waals surface area contributed by atoms with E-state index in [4.69, 9.17) is 28.3 Å². The van der Waals surface area contributed by atoms with Crippen LogP contribution in [0, 0.1) is 5.92 Å². The van der Waals surface area contributed by atoms with Crippen molar-refractivity contribution in [1.82, 2.24) is 0 Å². The summed E-state index contributed by atoms with van der Waals surface area (Å²) in [6, 6.07) is 6.90. The molecule has 0 radical (unpaired) electrons. The number of aliphatic hydroxyl groups excluding tert-OH is 1. The van der Waals surface area contributed by atoms with Gasteiger partial charge in [-0.2, -0.15) is 0 Å². The molecule has 20 heavy (non-hydrogen) atoms. The van der Waals surface area contributed by atoms with Crippen molar-refractivity contribution in [2.24, 2.45) is 5.92 Å². The summed E-state index contributed by atoms with van der Waals surface area (Å²) in [5, 5.41) is 29.6. The van der Waals surface area contributed by atoms with Crippen molar-refractivity contribution in [3.63, 3.8) is 0 Å². The molecule has 3 N–H and O–H groups in total. The third-order valence-corrected chi connectivity index (χ3v) is 3.94. The third kappa shape index (κ3) is 2.82. The Morgan fingerprint density at radius 3 is 2.55 bits per heavy atom. The normalized spacial score (nSPS) is 25.9. The second-order valence-corrected chi connectivity index (χ2v) is 5.41. The molecular weight excluding hydrogens is 303 g/mol. The Bertz CT molecular complexity index is 609. The summed E-state index contributed by atoms with van der Waals surface area (Å²) < 4.78 is 0. The molecular formula is C14H12Cl2O4. The molecule has 106 valence electrons. The Morgan fingerprint density at radius 2 is 1.95 bits per heavy atom. The van der Waals surface area contributed by atoms with Crippen molar-refractivity contribution >= 4 is 29.2 Å². The van der Waals surface area contributed by atoms with Crippen molar-refractivity contribution in [3.05, 3.63) is 57.8 Å². The topological polar surface area (TPSA) is 77.8 Å². The summed E-state index contributed by atoms with van der Waals surface area (Å²) in [5.41, 5.74) is -1.02. The van der Waals surface area contributed by atoms with Gasteiger partial charge in [-0.1, -0.05) is 41.4 Å². The van der Waals surface area contributed by atoms with E-state index in [-0.39, 0.29) is 11.5 Å². The fraction of sp³-hybridized carbons (Fsp3) is 0.214. The first-order valence-electron chi connectivity index (χ1n) is 5.81. The number of aliphatic carboxylic acids is 1. The van der Waals surface area contributed by atoms with Crippen LogP contribution >= 0.6 is 23.2 Å². The summed E-state index contributed by atoms with van der Waals surface area (Å²) in [5.74, 6) is -2.93. The molecule has 0 aromatic heterocycles. The number of benzene rings is 1. The number of aliphatic hydroxyl groups is 2.